The van der Waals surface area contributed by atoms with Gasteiger partial charge in [0, 0.05) is 36.5 Å². The third-order valence-electron chi connectivity index (χ3n) is 4.63. The lowest BCUT2D eigenvalue weighted by Crippen LogP contribution is -2.79. The van der Waals surface area contributed by atoms with Crippen LogP contribution in [0.3, 0.4) is 0 Å². The Morgan fingerprint density at radius 2 is 2.03 bits per heavy atom. The summed E-state index contributed by atoms with van der Waals surface area (Å²) in [5.41, 5.74) is 1.74. The first-order valence-electron chi connectivity index (χ1n) is 10.0. The van der Waals surface area contributed by atoms with Crippen molar-refractivity contribution in [2.45, 2.75) is 13.0 Å². The summed E-state index contributed by atoms with van der Waals surface area (Å²) in [4.78, 5) is 23.5. The lowest BCUT2D eigenvalue weighted by atomic mass is 10.2. The maximum Gasteiger partial charge on any atom is 0.246 e. The first-order valence-corrected chi connectivity index (χ1v) is 10.4. The molecule has 0 fully saturated rings. The van der Waals surface area contributed by atoms with Gasteiger partial charge in [-0.25, -0.2) is 9.97 Å². The Bertz CT molecular complexity index is 1040. The van der Waals surface area contributed by atoms with Crippen molar-refractivity contribution in [2.24, 2.45) is 0 Å². The Morgan fingerprint density at radius 1 is 1.20 bits per heavy atom. The van der Waals surface area contributed by atoms with Crippen molar-refractivity contribution < 1.29 is 10.1 Å². The number of carbonyl (C=O) groups excluding carboxylic acids is 1. The number of quaternary nitrogens is 1. The monoisotopic (exact) mass is 424 g/mol. The highest BCUT2D eigenvalue weighted by Crippen LogP contribution is 2.20. The predicted molar refractivity (Wildman–Crippen MR) is 122 cm³/mol. The molecule has 3 N–H and O–H groups in total. The van der Waals surface area contributed by atoms with Crippen LogP contribution in [0, 0.1) is 0 Å². The maximum atomic E-state index is 12.5. The van der Waals surface area contributed by atoms with Crippen LogP contribution < -0.4 is 10.6 Å². The fourth-order valence-electron chi connectivity index (χ4n) is 3.04. The summed E-state index contributed by atoms with van der Waals surface area (Å²) >= 11 is 5.99. The third-order valence-corrected chi connectivity index (χ3v) is 4.87. The number of benzene rings is 2. The molecule has 2 aromatic carbocycles. The number of hydrogen-bond acceptors (Lipinski definition) is 4. The van der Waals surface area contributed by atoms with Crippen LogP contribution in [-0.4, -0.2) is 48.0 Å². The van der Waals surface area contributed by atoms with Crippen molar-refractivity contribution in [3.05, 3.63) is 71.0 Å². The Labute approximate surface area is 182 Å². The van der Waals surface area contributed by atoms with E-state index in [-0.39, 0.29) is 5.91 Å². The summed E-state index contributed by atoms with van der Waals surface area (Å²) in [6.45, 7) is 2.21. The number of likely N-dealkylation sites (N-methyl/N-ethyl adjacent to an activating group) is 1. The molecule has 156 valence electrons. The average Bonchev–Trinajstić information content (AvgIpc) is 2.75. The fraction of sp³-hybridized carbons (Fsp3) is 0.261. The molecule has 0 unspecified atom stereocenters. The number of hydrogen-bond donors (Lipinski definition) is 2. The molecule has 1 heterocycles. The van der Waals surface area contributed by atoms with Crippen LogP contribution in [0.4, 0.5) is 5.82 Å². The van der Waals surface area contributed by atoms with Crippen LogP contribution in [-0.2, 0) is 11.3 Å². The van der Waals surface area contributed by atoms with Gasteiger partial charge < -0.3 is 15.5 Å². The minimum Gasteiger partial charge on any atom is -0.369 e. The zero-order chi connectivity index (χ0) is 21.3. The normalized spacial score (nSPS) is 11.2. The smallest absolute Gasteiger partial charge is 0.246 e. The van der Waals surface area contributed by atoms with Crippen molar-refractivity contribution in [2.75, 3.05) is 32.5 Å². The van der Waals surface area contributed by atoms with Crippen molar-refractivity contribution in [3.63, 3.8) is 0 Å². The summed E-state index contributed by atoms with van der Waals surface area (Å²) in [6.07, 6.45) is 4.33. The molecule has 7 heteroatoms. The highest BCUT2D eigenvalue weighted by atomic mass is 35.5. The van der Waals surface area contributed by atoms with Crippen LogP contribution in [0.2, 0.25) is 5.02 Å². The molecule has 1 amide bonds. The van der Waals surface area contributed by atoms with E-state index in [2.05, 4.69) is 27.6 Å². The SMILES string of the molecule is C[NH2+]CCCNc1nc(CN(C)C(=O)/C=C/c2cccc(Cl)c2)nc2ccccc12. The standard InChI is InChI=1S/C23H26ClN5O/c1-25-13-6-14-26-23-19-9-3-4-10-20(19)27-21(28-23)16-29(2)22(30)12-11-17-7-5-8-18(24)15-17/h3-5,7-12,15,25H,6,13-14,16H2,1-2H3,(H,26,27,28)/p+1/b12-11+. The molecule has 3 aromatic rings. The largest absolute Gasteiger partial charge is 0.369 e. The zero-order valence-corrected chi connectivity index (χ0v) is 18.1. The van der Waals surface area contributed by atoms with E-state index in [1.54, 1.807) is 24.1 Å². The summed E-state index contributed by atoms with van der Waals surface area (Å²) in [7, 11) is 3.80. The second kappa shape index (κ2) is 10.7. The number of para-hydroxylation sites is 1. The van der Waals surface area contributed by atoms with E-state index < -0.39 is 0 Å². The molecule has 3 rings (SSSR count). The average molecular weight is 425 g/mol. The third kappa shape index (κ3) is 6.02. The summed E-state index contributed by atoms with van der Waals surface area (Å²) in [5.74, 6) is 1.28. The fourth-order valence-corrected chi connectivity index (χ4v) is 3.24. The quantitative estimate of drug-likeness (QED) is 0.409. The van der Waals surface area contributed by atoms with E-state index in [4.69, 9.17) is 11.6 Å². The summed E-state index contributed by atoms with van der Waals surface area (Å²) in [6, 6.07) is 15.3. The second-order valence-corrected chi connectivity index (χ2v) is 7.50. The van der Waals surface area contributed by atoms with Gasteiger partial charge in [-0.2, -0.15) is 0 Å². The van der Waals surface area contributed by atoms with E-state index >= 15 is 0 Å². The number of anilines is 1. The van der Waals surface area contributed by atoms with Gasteiger partial charge in [-0.3, -0.25) is 4.79 Å². The van der Waals surface area contributed by atoms with Gasteiger partial charge in [0.25, 0.3) is 0 Å². The van der Waals surface area contributed by atoms with Crippen molar-refractivity contribution in [1.29, 1.82) is 0 Å². The Balaban J connectivity index is 1.72. The number of nitrogens with zero attached hydrogens (tertiary/aromatic N) is 3. The molecule has 0 aliphatic heterocycles. The number of aromatic nitrogens is 2. The van der Waals surface area contributed by atoms with Crippen LogP contribution >= 0.6 is 11.6 Å². The van der Waals surface area contributed by atoms with Crippen LogP contribution in [0.15, 0.2) is 54.6 Å². The minimum atomic E-state index is -0.125. The predicted octanol–water partition coefficient (Wildman–Crippen LogP) is 2.95. The van der Waals surface area contributed by atoms with Crippen molar-refractivity contribution >= 4 is 40.3 Å². The van der Waals surface area contributed by atoms with Gasteiger partial charge in [0.05, 0.1) is 25.7 Å². The Kier molecular flexibility index (Phi) is 7.76. The first-order chi connectivity index (χ1) is 14.6. The number of nitrogens with two attached hydrogens (primary N) is 1. The molecule has 0 saturated carbocycles. The van der Waals surface area contributed by atoms with Crippen molar-refractivity contribution in [1.82, 2.24) is 14.9 Å². The lowest BCUT2D eigenvalue weighted by molar-refractivity contribution is -0.626. The first kappa shape index (κ1) is 21.7. The molecule has 0 saturated heterocycles. The molecule has 0 atom stereocenters. The summed E-state index contributed by atoms with van der Waals surface area (Å²) < 4.78 is 0. The maximum absolute atomic E-state index is 12.5. The minimum absolute atomic E-state index is 0.125. The zero-order valence-electron chi connectivity index (χ0n) is 17.3. The molecule has 6 nitrogen and oxygen atoms in total. The lowest BCUT2D eigenvalue weighted by Gasteiger charge is -2.16. The second-order valence-electron chi connectivity index (χ2n) is 7.07. The van der Waals surface area contributed by atoms with Gasteiger partial charge in [-0.05, 0) is 35.9 Å². The van der Waals surface area contributed by atoms with Gasteiger partial charge in [0.2, 0.25) is 5.91 Å². The van der Waals surface area contributed by atoms with Crippen LogP contribution in [0.25, 0.3) is 17.0 Å². The molecule has 1 aromatic heterocycles. The Hall–Kier alpha value is -2.96. The molecule has 0 radical (unpaired) electrons. The number of halogens is 1. The molecule has 0 aliphatic carbocycles. The van der Waals surface area contributed by atoms with Gasteiger partial charge >= 0.3 is 0 Å². The van der Waals surface area contributed by atoms with E-state index in [0.717, 1.165) is 41.8 Å². The molecule has 0 bridgehead atoms. The molecular weight excluding hydrogens is 398 g/mol. The van der Waals surface area contributed by atoms with Gasteiger partial charge in [0.1, 0.15) is 5.82 Å². The van der Waals surface area contributed by atoms with E-state index in [1.807, 2.05) is 42.5 Å². The number of rotatable bonds is 9. The highest BCUT2D eigenvalue weighted by molar-refractivity contribution is 6.30. The van der Waals surface area contributed by atoms with Gasteiger partial charge in [-0.1, -0.05) is 35.9 Å². The van der Waals surface area contributed by atoms with E-state index in [0.29, 0.717) is 17.4 Å². The highest BCUT2D eigenvalue weighted by Gasteiger charge is 2.12. The number of carbonyl (C=O) groups is 1. The molecular formula is C23H27ClN5O+. The van der Waals surface area contributed by atoms with Crippen molar-refractivity contribution in [3.8, 4) is 0 Å². The van der Waals surface area contributed by atoms with Gasteiger partial charge in [0.15, 0.2) is 5.82 Å². The summed E-state index contributed by atoms with van der Waals surface area (Å²) in [5, 5.41) is 7.19. The van der Waals surface area contributed by atoms with Crippen LogP contribution in [0.1, 0.15) is 17.8 Å². The van der Waals surface area contributed by atoms with Gasteiger partial charge in [-0.15, -0.1) is 0 Å². The topological polar surface area (TPSA) is 74.7 Å². The van der Waals surface area contributed by atoms with E-state index in [9.17, 15) is 4.79 Å². The number of amides is 1. The molecule has 30 heavy (non-hydrogen) atoms. The molecule has 0 aliphatic rings. The molecule has 0 spiro atoms. The number of fused-ring (bicyclic) bond motifs is 1. The Morgan fingerprint density at radius 3 is 2.83 bits per heavy atom. The van der Waals surface area contributed by atoms with E-state index in [1.165, 1.54) is 6.08 Å². The van der Waals surface area contributed by atoms with Crippen LogP contribution in [0.5, 0.6) is 0 Å². The number of nitrogens with one attached hydrogen (secondary N) is 1.